The van der Waals surface area contributed by atoms with E-state index < -0.39 is 5.63 Å². The van der Waals surface area contributed by atoms with Crippen LogP contribution in [-0.4, -0.2) is 19.3 Å². The molecule has 1 aliphatic rings. The number of hydrogen-bond acceptors (Lipinski definition) is 4. The van der Waals surface area contributed by atoms with Crippen molar-refractivity contribution in [3.8, 4) is 5.75 Å². The number of epoxide rings is 1. The summed E-state index contributed by atoms with van der Waals surface area (Å²) >= 11 is 0. The van der Waals surface area contributed by atoms with E-state index in [2.05, 4.69) is 0 Å². The molecule has 0 radical (unpaired) electrons. The molecule has 0 aliphatic carbocycles. The minimum atomic E-state index is -0.445. The highest BCUT2D eigenvalue weighted by atomic mass is 16.6. The van der Waals surface area contributed by atoms with Crippen LogP contribution in [0.4, 0.5) is 0 Å². The molecule has 1 aromatic heterocycles. The molecule has 1 saturated heterocycles. The van der Waals surface area contributed by atoms with Crippen LogP contribution in [-0.2, 0) is 4.74 Å². The number of para-hydroxylation sites is 1. The highest BCUT2D eigenvalue weighted by Gasteiger charge is 2.23. The topological polar surface area (TPSA) is 52.0 Å². The van der Waals surface area contributed by atoms with Gasteiger partial charge in [-0.05, 0) is 12.1 Å². The van der Waals surface area contributed by atoms with E-state index in [-0.39, 0.29) is 11.9 Å². The van der Waals surface area contributed by atoms with Gasteiger partial charge >= 0.3 is 5.63 Å². The van der Waals surface area contributed by atoms with Gasteiger partial charge in [0.1, 0.15) is 18.3 Å². The molecule has 1 unspecified atom stereocenters. The van der Waals surface area contributed by atoms with Crippen molar-refractivity contribution in [1.82, 2.24) is 0 Å². The summed E-state index contributed by atoms with van der Waals surface area (Å²) in [5.74, 6) is 0.245. The smallest absolute Gasteiger partial charge is 0.379 e. The summed E-state index contributed by atoms with van der Waals surface area (Å²) < 4.78 is 15.5. The third kappa shape index (κ3) is 1.79. The average Bonchev–Trinajstić information content (AvgIpc) is 3.10. The fourth-order valence-electron chi connectivity index (χ4n) is 1.49. The zero-order valence-corrected chi connectivity index (χ0v) is 8.51. The molecule has 1 fully saturated rings. The third-order valence-electron chi connectivity index (χ3n) is 2.44. The summed E-state index contributed by atoms with van der Waals surface area (Å²) in [6.45, 7) is 1.11. The van der Waals surface area contributed by atoms with E-state index in [1.165, 1.54) is 0 Å². The van der Waals surface area contributed by atoms with Gasteiger partial charge < -0.3 is 13.9 Å². The summed E-state index contributed by atoms with van der Waals surface area (Å²) in [5, 5.41) is 0.855. The monoisotopic (exact) mass is 218 g/mol. The van der Waals surface area contributed by atoms with Gasteiger partial charge in [-0.2, -0.15) is 0 Å². The minimum absolute atomic E-state index is 0.130. The summed E-state index contributed by atoms with van der Waals surface area (Å²) in [7, 11) is 0. The molecule has 2 aromatic rings. The van der Waals surface area contributed by atoms with E-state index in [0.29, 0.717) is 18.8 Å². The third-order valence-corrected chi connectivity index (χ3v) is 2.44. The van der Waals surface area contributed by atoms with Crippen LogP contribution in [0.5, 0.6) is 5.75 Å². The number of fused-ring (bicyclic) bond motifs is 1. The van der Waals surface area contributed by atoms with Gasteiger partial charge in [-0.3, -0.25) is 0 Å². The average molecular weight is 218 g/mol. The fourth-order valence-corrected chi connectivity index (χ4v) is 1.49. The molecule has 0 bridgehead atoms. The lowest BCUT2D eigenvalue weighted by molar-refractivity contribution is 0.254. The molecule has 0 amide bonds. The lowest BCUT2D eigenvalue weighted by Gasteiger charge is -2.03. The number of rotatable bonds is 3. The Morgan fingerprint density at radius 1 is 1.38 bits per heavy atom. The van der Waals surface area contributed by atoms with E-state index in [1.807, 2.05) is 18.2 Å². The molecule has 1 atom stereocenters. The first-order valence-corrected chi connectivity index (χ1v) is 5.10. The predicted octanol–water partition coefficient (Wildman–Crippen LogP) is 1.57. The van der Waals surface area contributed by atoms with E-state index in [1.54, 1.807) is 12.1 Å². The maximum absolute atomic E-state index is 11.5. The zero-order chi connectivity index (χ0) is 11.0. The van der Waals surface area contributed by atoms with Gasteiger partial charge in [0.05, 0.1) is 6.61 Å². The van der Waals surface area contributed by atoms with Crippen molar-refractivity contribution in [3.05, 3.63) is 40.8 Å². The lowest BCUT2D eigenvalue weighted by atomic mass is 10.2. The van der Waals surface area contributed by atoms with Gasteiger partial charge in [-0.25, -0.2) is 4.79 Å². The lowest BCUT2D eigenvalue weighted by Crippen LogP contribution is -2.11. The van der Waals surface area contributed by atoms with Gasteiger partial charge in [0.2, 0.25) is 5.75 Å². The Bertz CT molecular complexity index is 568. The van der Waals surface area contributed by atoms with Gasteiger partial charge in [-0.15, -0.1) is 0 Å². The molecule has 3 rings (SSSR count). The first kappa shape index (κ1) is 9.42. The molecular weight excluding hydrogens is 208 g/mol. The summed E-state index contributed by atoms with van der Waals surface area (Å²) in [4.78, 5) is 11.5. The van der Waals surface area contributed by atoms with Crippen molar-refractivity contribution >= 4 is 11.0 Å². The Morgan fingerprint density at radius 3 is 3.00 bits per heavy atom. The molecule has 1 aliphatic heterocycles. The summed E-state index contributed by atoms with van der Waals surface area (Å²) in [6.07, 6.45) is 0.130. The number of hydrogen-bond donors (Lipinski definition) is 0. The van der Waals surface area contributed by atoms with Crippen molar-refractivity contribution in [2.24, 2.45) is 0 Å². The van der Waals surface area contributed by atoms with Crippen LogP contribution in [0.15, 0.2) is 39.5 Å². The van der Waals surface area contributed by atoms with Crippen LogP contribution in [0.3, 0.4) is 0 Å². The number of ether oxygens (including phenoxy) is 2. The Morgan fingerprint density at radius 2 is 2.19 bits per heavy atom. The maximum Gasteiger partial charge on any atom is 0.379 e. The van der Waals surface area contributed by atoms with Crippen LogP contribution < -0.4 is 10.4 Å². The van der Waals surface area contributed by atoms with Crippen molar-refractivity contribution in [2.45, 2.75) is 6.10 Å². The van der Waals surface area contributed by atoms with Crippen molar-refractivity contribution in [2.75, 3.05) is 13.2 Å². The fraction of sp³-hybridized carbons (Fsp3) is 0.250. The molecule has 0 N–H and O–H groups in total. The van der Waals surface area contributed by atoms with Gasteiger partial charge in [0, 0.05) is 5.39 Å². The normalized spacial score (nSPS) is 18.6. The van der Waals surface area contributed by atoms with Crippen LogP contribution in [0.25, 0.3) is 11.0 Å². The molecule has 16 heavy (non-hydrogen) atoms. The van der Waals surface area contributed by atoms with Crippen molar-refractivity contribution in [3.63, 3.8) is 0 Å². The van der Waals surface area contributed by atoms with Crippen molar-refractivity contribution < 1.29 is 13.9 Å². The quantitative estimate of drug-likeness (QED) is 0.579. The van der Waals surface area contributed by atoms with Crippen LogP contribution in [0.1, 0.15) is 0 Å². The molecule has 82 valence electrons. The highest BCUT2D eigenvalue weighted by molar-refractivity contribution is 5.77. The summed E-state index contributed by atoms with van der Waals surface area (Å²) in [5.41, 5.74) is 0.127. The SMILES string of the molecule is O=c1oc2ccccc2cc1OCC1CO1. The largest absolute Gasteiger partial charge is 0.484 e. The Hall–Kier alpha value is -1.81. The molecule has 0 spiro atoms. The van der Waals surface area contributed by atoms with Gasteiger partial charge in [-0.1, -0.05) is 18.2 Å². The highest BCUT2D eigenvalue weighted by Crippen LogP contribution is 2.17. The van der Waals surface area contributed by atoms with Gasteiger partial charge in [0.25, 0.3) is 0 Å². The second kappa shape index (κ2) is 3.64. The molecule has 0 saturated carbocycles. The maximum atomic E-state index is 11.5. The standard InChI is InChI=1S/C12H10O4/c13-12-11(15-7-9-6-14-9)5-8-3-1-2-4-10(8)16-12/h1-5,9H,6-7H2. The molecule has 2 heterocycles. The second-order valence-electron chi connectivity index (χ2n) is 3.70. The molecule has 4 nitrogen and oxygen atoms in total. The zero-order valence-electron chi connectivity index (χ0n) is 8.51. The van der Waals surface area contributed by atoms with E-state index in [4.69, 9.17) is 13.9 Å². The minimum Gasteiger partial charge on any atom is -0.484 e. The molecular formula is C12H10O4. The van der Waals surface area contributed by atoms with E-state index in [0.717, 1.165) is 5.39 Å². The first-order valence-electron chi connectivity index (χ1n) is 5.10. The van der Waals surface area contributed by atoms with Crippen molar-refractivity contribution in [1.29, 1.82) is 0 Å². The van der Waals surface area contributed by atoms with Crippen LogP contribution in [0.2, 0.25) is 0 Å². The molecule has 4 heteroatoms. The van der Waals surface area contributed by atoms with Gasteiger partial charge in [0.15, 0.2) is 0 Å². The second-order valence-corrected chi connectivity index (χ2v) is 3.70. The van der Waals surface area contributed by atoms with E-state index in [9.17, 15) is 4.79 Å². The van der Waals surface area contributed by atoms with E-state index >= 15 is 0 Å². The van der Waals surface area contributed by atoms with Crippen LogP contribution in [0, 0.1) is 0 Å². The van der Waals surface area contributed by atoms with Crippen LogP contribution >= 0.6 is 0 Å². The summed E-state index contributed by atoms with van der Waals surface area (Å²) in [6, 6.07) is 9.03. The predicted molar refractivity (Wildman–Crippen MR) is 57.7 cm³/mol. The number of benzene rings is 1. The Labute approximate surface area is 91.4 Å². The first-order chi connectivity index (χ1) is 7.83. The Balaban J connectivity index is 1.96. The Kier molecular flexibility index (Phi) is 2.15. The molecule has 1 aromatic carbocycles.